The maximum atomic E-state index is 12.8. The number of rotatable bonds is 2. The Labute approximate surface area is 132 Å². The van der Waals surface area contributed by atoms with Crippen molar-refractivity contribution in [3.63, 3.8) is 0 Å². The highest BCUT2D eigenvalue weighted by Gasteiger charge is 2.49. The summed E-state index contributed by atoms with van der Waals surface area (Å²) in [7, 11) is 0. The summed E-state index contributed by atoms with van der Waals surface area (Å²) >= 11 is 3.43. The summed E-state index contributed by atoms with van der Waals surface area (Å²) in [5.41, 5.74) is 1.46. The number of carbonyl (C=O) groups is 2. The minimum atomic E-state index is -0.870. The van der Waals surface area contributed by atoms with Gasteiger partial charge >= 0.3 is 5.97 Å². The Morgan fingerprint density at radius 3 is 2.81 bits per heavy atom. The summed E-state index contributed by atoms with van der Waals surface area (Å²) in [6, 6.07) is 4.81. The van der Waals surface area contributed by atoms with E-state index in [1.807, 2.05) is 19.1 Å². The van der Waals surface area contributed by atoms with Crippen molar-refractivity contribution in [3.05, 3.63) is 33.8 Å². The molecule has 5 heteroatoms. The van der Waals surface area contributed by atoms with E-state index >= 15 is 0 Å². The molecule has 1 aliphatic carbocycles. The summed E-state index contributed by atoms with van der Waals surface area (Å²) < 4.78 is 0.875. The van der Waals surface area contributed by atoms with Gasteiger partial charge in [-0.05, 0) is 49.3 Å². The van der Waals surface area contributed by atoms with Crippen LogP contribution in [0.15, 0.2) is 22.7 Å². The highest BCUT2D eigenvalue weighted by atomic mass is 79.9. The fourth-order valence-corrected chi connectivity index (χ4v) is 4.19. The zero-order valence-corrected chi connectivity index (χ0v) is 13.5. The molecule has 1 saturated carbocycles. The Kier molecular flexibility index (Phi) is 3.78. The second kappa shape index (κ2) is 5.44. The van der Waals surface area contributed by atoms with Gasteiger partial charge in [0.25, 0.3) is 5.91 Å². The normalized spacial score (nSPS) is 27.7. The van der Waals surface area contributed by atoms with Gasteiger partial charge in [-0.2, -0.15) is 0 Å². The van der Waals surface area contributed by atoms with Crippen LogP contribution in [0.3, 0.4) is 0 Å². The lowest BCUT2D eigenvalue weighted by molar-refractivity contribution is -0.142. The van der Waals surface area contributed by atoms with Crippen LogP contribution < -0.4 is 0 Å². The van der Waals surface area contributed by atoms with Crippen LogP contribution in [0.5, 0.6) is 0 Å². The monoisotopic (exact) mass is 351 g/mol. The maximum Gasteiger partial charge on any atom is 0.326 e. The number of likely N-dealkylation sites (tertiary alicyclic amines) is 1. The summed E-state index contributed by atoms with van der Waals surface area (Å²) in [6.45, 7) is 2.45. The summed E-state index contributed by atoms with van der Waals surface area (Å²) in [6.07, 6.45) is 3.04. The number of benzene rings is 1. The first-order valence-electron chi connectivity index (χ1n) is 7.29. The lowest BCUT2D eigenvalue weighted by Crippen LogP contribution is -2.43. The lowest BCUT2D eigenvalue weighted by Gasteiger charge is -2.25. The van der Waals surface area contributed by atoms with Crippen molar-refractivity contribution in [1.82, 2.24) is 4.90 Å². The molecule has 2 fully saturated rings. The van der Waals surface area contributed by atoms with E-state index in [9.17, 15) is 14.7 Å². The summed E-state index contributed by atoms with van der Waals surface area (Å²) in [5, 5.41) is 9.55. The molecule has 0 radical (unpaired) electrons. The molecule has 3 unspecified atom stereocenters. The van der Waals surface area contributed by atoms with E-state index in [0.29, 0.717) is 18.0 Å². The van der Waals surface area contributed by atoms with Crippen LogP contribution in [0.2, 0.25) is 0 Å². The number of carboxylic acids is 1. The molecule has 3 atom stereocenters. The number of amides is 1. The molecule has 1 saturated heterocycles. The number of halogens is 1. The van der Waals surface area contributed by atoms with Crippen LogP contribution in [0.1, 0.15) is 35.2 Å². The minimum absolute atomic E-state index is 0.124. The van der Waals surface area contributed by atoms with E-state index < -0.39 is 12.0 Å². The number of aliphatic carboxylic acids is 1. The van der Waals surface area contributed by atoms with Gasteiger partial charge in [-0.25, -0.2) is 4.79 Å². The van der Waals surface area contributed by atoms with Gasteiger partial charge in [-0.3, -0.25) is 4.79 Å². The first-order chi connectivity index (χ1) is 10.0. The molecular weight excluding hydrogens is 334 g/mol. The zero-order chi connectivity index (χ0) is 15.1. The molecule has 21 heavy (non-hydrogen) atoms. The van der Waals surface area contributed by atoms with Crippen molar-refractivity contribution in [2.75, 3.05) is 6.54 Å². The van der Waals surface area contributed by atoms with Crippen molar-refractivity contribution in [2.24, 2.45) is 11.8 Å². The molecule has 1 amide bonds. The summed E-state index contributed by atoms with van der Waals surface area (Å²) in [5.74, 6) is -0.553. The second-order valence-electron chi connectivity index (χ2n) is 6.01. The largest absolute Gasteiger partial charge is 0.480 e. The molecule has 2 aliphatic rings. The van der Waals surface area contributed by atoms with Crippen molar-refractivity contribution in [2.45, 2.75) is 32.2 Å². The van der Waals surface area contributed by atoms with Crippen LogP contribution >= 0.6 is 15.9 Å². The van der Waals surface area contributed by atoms with Crippen LogP contribution in [-0.4, -0.2) is 34.5 Å². The fraction of sp³-hybridized carbons (Fsp3) is 0.500. The third-order valence-corrected chi connectivity index (χ3v) is 5.76. The predicted octanol–water partition coefficient (Wildman–Crippen LogP) is 3.08. The van der Waals surface area contributed by atoms with Gasteiger partial charge in [-0.15, -0.1) is 0 Å². The van der Waals surface area contributed by atoms with Gasteiger partial charge in [0, 0.05) is 16.6 Å². The number of hydrogen-bond acceptors (Lipinski definition) is 2. The van der Waals surface area contributed by atoms with E-state index in [4.69, 9.17) is 0 Å². The van der Waals surface area contributed by atoms with E-state index in [0.717, 1.165) is 29.3 Å². The molecule has 112 valence electrons. The number of fused-ring (bicyclic) bond motifs is 1. The van der Waals surface area contributed by atoms with Crippen LogP contribution in [0.4, 0.5) is 0 Å². The van der Waals surface area contributed by atoms with Crippen LogP contribution in [0.25, 0.3) is 0 Å². The molecule has 1 aromatic rings. The Hall–Kier alpha value is -1.36. The Bertz CT molecular complexity index is 601. The maximum absolute atomic E-state index is 12.8. The molecule has 1 aromatic carbocycles. The minimum Gasteiger partial charge on any atom is -0.480 e. The highest BCUT2D eigenvalue weighted by molar-refractivity contribution is 9.10. The number of hydrogen-bond donors (Lipinski definition) is 1. The van der Waals surface area contributed by atoms with Gasteiger partial charge in [0.05, 0.1) is 0 Å². The SMILES string of the molecule is Cc1c(Br)cccc1C(=O)N1CC2CCCC2C1C(=O)O. The third-order valence-electron chi connectivity index (χ3n) is 4.90. The first-order valence-corrected chi connectivity index (χ1v) is 8.09. The smallest absolute Gasteiger partial charge is 0.326 e. The van der Waals surface area contributed by atoms with Crippen molar-refractivity contribution in [1.29, 1.82) is 0 Å². The topological polar surface area (TPSA) is 57.6 Å². The Morgan fingerprint density at radius 2 is 2.10 bits per heavy atom. The van der Waals surface area contributed by atoms with E-state index in [1.165, 1.54) is 0 Å². The molecular formula is C16H18BrNO3. The molecule has 0 bridgehead atoms. The van der Waals surface area contributed by atoms with Crippen molar-refractivity contribution in [3.8, 4) is 0 Å². The third kappa shape index (κ3) is 2.37. The van der Waals surface area contributed by atoms with Crippen LogP contribution in [0, 0.1) is 18.8 Å². The van der Waals surface area contributed by atoms with Gasteiger partial charge < -0.3 is 10.0 Å². The van der Waals surface area contributed by atoms with Gasteiger partial charge in [0.2, 0.25) is 0 Å². The van der Waals surface area contributed by atoms with Crippen molar-refractivity contribution < 1.29 is 14.7 Å². The van der Waals surface area contributed by atoms with E-state index in [-0.39, 0.29) is 11.8 Å². The molecule has 0 aromatic heterocycles. The molecule has 0 spiro atoms. The lowest BCUT2D eigenvalue weighted by atomic mass is 9.94. The quantitative estimate of drug-likeness (QED) is 0.890. The zero-order valence-electron chi connectivity index (χ0n) is 11.9. The molecule has 1 N–H and O–H groups in total. The molecule has 3 rings (SSSR count). The van der Waals surface area contributed by atoms with Crippen molar-refractivity contribution >= 4 is 27.8 Å². The fourth-order valence-electron chi connectivity index (χ4n) is 3.82. The van der Waals surface area contributed by atoms with Crippen LogP contribution in [-0.2, 0) is 4.79 Å². The standard InChI is InChI=1S/C16H18BrNO3/c1-9-11(5-3-7-13(9)17)15(19)18-8-10-4-2-6-12(10)14(18)16(20)21/h3,5,7,10,12,14H,2,4,6,8H2,1H3,(H,20,21). The second-order valence-corrected chi connectivity index (χ2v) is 6.86. The number of carboxylic acid groups (broad SMARTS) is 1. The van der Waals surface area contributed by atoms with Gasteiger partial charge in [0.15, 0.2) is 0 Å². The molecule has 1 aliphatic heterocycles. The number of nitrogens with zero attached hydrogens (tertiary/aromatic N) is 1. The molecule has 4 nitrogen and oxygen atoms in total. The average Bonchev–Trinajstić information content (AvgIpc) is 3.00. The van der Waals surface area contributed by atoms with Gasteiger partial charge in [0.1, 0.15) is 6.04 Å². The average molecular weight is 352 g/mol. The highest BCUT2D eigenvalue weighted by Crippen LogP contribution is 2.43. The molecule has 1 heterocycles. The number of carbonyl (C=O) groups excluding carboxylic acids is 1. The Morgan fingerprint density at radius 1 is 1.33 bits per heavy atom. The predicted molar refractivity (Wildman–Crippen MR) is 82.2 cm³/mol. The van der Waals surface area contributed by atoms with E-state index in [1.54, 1.807) is 11.0 Å². The van der Waals surface area contributed by atoms with E-state index in [2.05, 4.69) is 15.9 Å². The summed E-state index contributed by atoms with van der Waals surface area (Å²) in [4.78, 5) is 26.0. The Balaban J connectivity index is 1.93. The first kappa shape index (κ1) is 14.6. The van der Waals surface area contributed by atoms with Gasteiger partial charge in [-0.1, -0.05) is 28.4 Å².